The quantitative estimate of drug-likeness (QED) is 0.350. The second kappa shape index (κ2) is 8.58. The van der Waals surface area contributed by atoms with Gasteiger partial charge in [0.05, 0.1) is 11.2 Å². The number of aromatic nitrogens is 2. The molecule has 3 heteroatoms. The summed E-state index contributed by atoms with van der Waals surface area (Å²) in [6.07, 6.45) is 2.29. The molecule has 0 saturated heterocycles. The molecule has 4 aromatic rings. The summed E-state index contributed by atoms with van der Waals surface area (Å²) in [4.78, 5) is 5.15. The average molecular weight is 412 g/mol. The fraction of sp³-hybridized carbons (Fsp3) is 0.321. The zero-order valence-corrected chi connectivity index (χ0v) is 19.4. The Kier molecular flexibility index (Phi) is 5.86. The lowest BCUT2D eigenvalue weighted by Crippen LogP contribution is -2.10. The topological polar surface area (TPSA) is 29.9 Å². The van der Waals surface area contributed by atoms with E-state index in [1.54, 1.807) is 0 Å². The molecule has 160 valence electrons. The van der Waals surface area contributed by atoms with Gasteiger partial charge in [0, 0.05) is 17.8 Å². The predicted molar refractivity (Wildman–Crippen MR) is 133 cm³/mol. The third-order valence-corrected chi connectivity index (χ3v) is 5.93. The van der Waals surface area contributed by atoms with Crippen molar-refractivity contribution in [2.24, 2.45) is 0 Å². The normalized spacial score (nSPS) is 11.8. The van der Waals surface area contributed by atoms with Gasteiger partial charge < -0.3 is 9.88 Å². The SMILES string of the molecule is CCCCn1c(-c2ccccc2C)nc2c(Nc3ccc(C(C)(C)C)cc3)cccc21. The van der Waals surface area contributed by atoms with Gasteiger partial charge in [-0.15, -0.1) is 0 Å². The minimum Gasteiger partial charge on any atom is -0.354 e. The van der Waals surface area contributed by atoms with Crippen LogP contribution in [0.15, 0.2) is 66.7 Å². The second-order valence-corrected chi connectivity index (χ2v) is 9.38. The first-order chi connectivity index (χ1) is 14.9. The maximum Gasteiger partial charge on any atom is 0.141 e. The first kappa shape index (κ1) is 21.2. The summed E-state index contributed by atoms with van der Waals surface area (Å²) in [5.41, 5.74) is 8.28. The Morgan fingerprint density at radius 3 is 2.32 bits per heavy atom. The van der Waals surface area contributed by atoms with Gasteiger partial charge in [0.25, 0.3) is 0 Å². The summed E-state index contributed by atoms with van der Waals surface area (Å²) in [7, 11) is 0. The van der Waals surface area contributed by atoms with E-state index < -0.39 is 0 Å². The molecule has 3 nitrogen and oxygen atoms in total. The minimum absolute atomic E-state index is 0.152. The molecule has 0 saturated carbocycles. The largest absolute Gasteiger partial charge is 0.354 e. The average Bonchev–Trinajstić information content (AvgIpc) is 3.11. The van der Waals surface area contributed by atoms with Crippen LogP contribution in [-0.2, 0) is 12.0 Å². The number of imidazole rings is 1. The molecule has 0 aliphatic carbocycles. The van der Waals surface area contributed by atoms with Crippen molar-refractivity contribution in [1.29, 1.82) is 0 Å². The summed E-state index contributed by atoms with van der Waals surface area (Å²) in [5.74, 6) is 1.05. The van der Waals surface area contributed by atoms with Gasteiger partial charge in [0.1, 0.15) is 11.3 Å². The Labute approximate surface area is 186 Å². The zero-order chi connectivity index (χ0) is 22.0. The molecule has 1 N–H and O–H groups in total. The second-order valence-electron chi connectivity index (χ2n) is 9.38. The van der Waals surface area contributed by atoms with Crippen LogP contribution in [0.5, 0.6) is 0 Å². The van der Waals surface area contributed by atoms with Crippen LogP contribution < -0.4 is 5.32 Å². The van der Waals surface area contributed by atoms with Crippen LogP contribution in [0.25, 0.3) is 22.4 Å². The van der Waals surface area contributed by atoms with Crippen molar-refractivity contribution in [3.63, 3.8) is 0 Å². The van der Waals surface area contributed by atoms with E-state index in [0.717, 1.165) is 42.1 Å². The summed E-state index contributed by atoms with van der Waals surface area (Å²) < 4.78 is 2.38. The van der Waals surface area contributed by atoms with E-state index in [2.05, 4.69) is 111 Å². The van der Waals surface area contributed by atoms with Crippen LogP contribution in [0.2, 0.25) is 0 Å². The summed E-state index contributed by atoms with van der Waals surface area (Å²) in [6.45, 7) is 12.1. The van der Waals surface area contributed by atoms with E-state index in [9.17, 15) is 0 Å². The number of unbranched alkanes of at least 4 members (excludes halogenated alkanes) is 1. The van der Waals surface area contributed by atoms with Gasteiger partial charge in [-0.05, 0) is 54.2 Å². The molecule has 0 unspecified atom stereocenters. The Bertz CT molecular complexity index is 1180. The van der Waals surface area contributed by atoms with Crippen LogP contribution in [0.1, 0.15) is 51.7 Å². The smallest absolute Gasteiger partial charge is 0.141 e. The molecule has 0 aliphatic heterocycles. The highest BCUT2D eigenvalue weighted by atomic mass is 15.1. The molecule has 0 amide bonds. The highest BCUT2D eigenvalue weighted by Gasteiger charge is 2.17. The first-order valence-electron chi connectivity index (χ1n) is 11.3. The standard InChI is InChI=1S/C28H33N3/c1-6-7-19-31-25-14-10-13-24(29-22-17-15-21(16-18-22)28(3,4)5)26(25)30-27(31)23-12-9-8-11-20(23)2/h8-18,29H,6-7,19H2,1-5H3. The van der Waals surface area contributed by atoms with Gasteiger partial charge >= 0.3 is 0 Å². The Balaban J connectivity index is 1.78. The van der Waals surface area contributed by atoms with Crippen molar-refractivity contribution < 1.29 is 0 Å². The van der Waals surface area contributed by atoms with Gasteiger partial charge in [-0.2, -0.15) is 0 Å². The number of benzene rings is 3. The first-order valence-corrected chi connectivity index (χ1v) is 11.3. The zero-order valence-electron chi connectivity index (χ0n) is 19.4. The fourth-order valence-corrected chi connectivity index (χ4v) is 4.03. The van der Waals surface area contributed by atoms with Crippen LogP contribution in [0.4, 0.5) is 11.4 Å². The molecule has 0 bridgehead atoms. The maximum atomic E-state index is 5.15. The van der Waals surface area contributed by atoms with Crippen molar-refractivity contribution in [3.8, 4) is 11.4 Å². The van der Waals surface area contributed by atoms with E-state index in [4.69, 9.17) is 4.98 Å². The van der Waals surface area contributed by atoms with E-state index in [0.29, 0.717) is 0 Å². The Morgan fingerprint density at radius 1 is 0.903 bits per heavy atom. The molecule has 4 rings (SSSR count). The Hall–Kier alpha value is -3.07. The molecule has 3 aromatic carbocycles. The van der Waals surface area contributed by atoms with Crippen LogP contribution >= 0.6 is 0 Å². The molecule has 0 fully saturated rings. The number of anilines is 2. The van der Waals surface area contributed by atoms with Gasteiger partial charge in [0.2, 0.25) is 0 Å². The highest BCUT2D eigenvalue weighted by Crippen LogP contribution is 2.33. The molecule has 0 atom stereocenters. The lowest BCUT2D eigenvalue weighted by atomic mass is 9.87. The summed E-state index contributed by atoms with van der Waals surface area (Å²) in [6, 6.07) is 23.7. The molecular formula is C28H33N3. The van der Waals surface area contributed by atoms with Gasteiger partial charge in [-0.3, -0.25) is 0 Å². The molecular weight excluding hydrogens is 378 g/mol. The molecule has 31 heavy (non-hydrogen) atoms. The van der Waals surface area contributed by atoms with Crippen molar-refractivity contribution in [1.82, 2.24) is 9.55 Å². The number of nitrogens with zero attached hydrogens (tertiary/aromatic N) is 2. The van der Waals surface area contributed by atoms with Crippen molar-refractivity contribution in [3.05, 3.63) is 77.9 Å². The number of hydrogen-bond donors (Lipinski definition) is 1. The highest BCUT2D eigenvalue weighted by molar-refractivity contribution is 5.93. The monoisotopic (exact) mass is 411 g/mol. The molecule has 0 spiro atoms. The number of aryl methyl sites for hydroxylation is 2. The van der Waals surface area contributed by atoms with E-state index in [1.165, 1.54) is 22.2 Å². The van der Waals surface area contributed by atoms with E-state index in [-0.39, 0.29) is 5.41 Å². The minimum atomic E-state index is 0.152. The van der Waals surface area contributed by atoms with E-state index in [1.807, 2.05) is 0 Å². The molecule has 1 heterocycles. The molecule has 0 radical (unpaired) electrons. The number of nitrogens with one attached hydrogen (secondary N) is 1. The number of para-hydroxylation sites is 1. The van der Waals surface area contributed by atoms with Gasteiger partial charge in [-0.25, -0.2) is 4.98 Å². The molecule has 1 aromatic heterocycles. The number of fused-ring (bicyclic) bond motifs is 1. The van der Waals surface area contributed by atoms with E-state index >= 15 is 0 Å². The van der Waals surface area contributed by atoms with Crippen molar-refractivity contribution in [2.45, 2.75) is 59.4 Å². The van der Waals surface area contributed by atoms with Crippen LogP contribution in [0.3, 0.4) is 0 Å². The number of rotatable bonds is 6. The predicted octanol–water partition coefficient (Wildman–Crippen LogP) is 7.85. The fourth-order valence-electron chi connectivity index (χ4n) is 4.03. The Morgan fingerprint density at radius 2 is 1.65 bits per heavy atom. The van der Waals surface area contributed by atoms with Crippen LogP contribution in [0, 0.1) is 6.92 Å². The van der Waals surface area contributed by atoms with Crippen molar-refractivity contribution >= 4 is 22.4 Å². The number of hydrogen-bond acceptors (Lipinski definition) is 2. The van der Waals surface area contributed by atoms with Gasteiger partial charge in [-0.1, -0.05) is 76.6 Å². The molecule has 0 aliphatic rings. The summed E-state index contributed by atoms with van der Waals surface area (Å²) >= 11 is 0. The third-order valence-electron chi connectivity index (χ3n) is 5.93. The van der Waals surface area contributed by atoms with Crippen LogP contribution in [-0.4, -0.2) is 9.55 Å². The summed E-state index contributed by atoms with van der Waals surface area (Å²) in [5, 5.41) is 3.61. The van der Waals surface area contributed by atoms with Gasteiger partial charge in [0.15, 0.2) is 0 Å². The lowest BCUT2D eigenvalue weighted by molar-refractivity contribution is 0.590. The lowest BCUT2D eigenvalue weighted by Gasteiger charge is -2.19. The van der Waals surface area contributed by atoms with Crippen molar-refractivity contribution in [2.75, 3.05) is 5.32 Å². The maximum absolute atomic E-state index is 5.15. The third kappa shape index (κ3) is 4.36.